The Labute approximate surface area is 113 Å². The predicted octanol–water partition coefficient (Wildman–Crippen LogP) is 2.85. The Morgan fingerprint density at radius 2 is 2.11 bits per heavy atom. The fraction of sp³-hybridized carbons (Fsp3) is 0.533. The van der Waals surface area contributed by atoms with Crippen molar-refractivity contribution in [3.05, 3.63) is 29.6 Å². The highest BCUT2D eigenvalue weighted by Gasteiger charge is 2.37. The van der Waals surface area contributed by atoms with Gasteiger partial charge in [-0.25, -0.2) is 4.39 Å². The van der Waals surface area contributed by atoms with Gasteiger partial charge in [0.05, 0.1) is 5.41 Å². The van der Waals surface area contributed by atoms with Crippen LogP contribution >= 0.6 is 0 Å². The van der Waals surface area contributed by atoms with Crippen molar-refractivity contribution in [1.29, 1.82) is 0 Å². The molecule has 1 aromatic rings. The SMILES string of the molecule is CCC1(C(=O)Nc2cccc(F)c2C)CCNCC1. The summed E-state index contributed by atoms with van der Waals surface area (Å²) in [6, 6.07) is 4.78. The van der Waals surface area contributed by atoms with Crippen molar-refractivity contribution in [2.75, 3.05) is 18.4 Å². The van der Waals surface area contributed by atoms with Crippen LogP contribution < -0.4 is 10.6 Å². The van der Waals surface area contributed by atoms with Crippen molar-refractivity contribution in [3.63, 3.8) is 0 Å². The smallest absolute Gasteiger partial charge is 0.230 e. The monoisotopic (exact) mass is 264 g/mol. The Morgan fingerprint density at radius 1 is 1.42 bits per heavy atom. The Morgan fingerprint density at radius 3 is 2.74 bits per heavy atom. The number of benzene rings is 1. The van der Waals surface area contributed by atoms with Gasteiger partial charge in [0.25, 0.3) is 0 Å². The van der Waals surface area contributed by atoms with Crippen LogP contribution in [0, 0.1) is 18.2 Å². The normalized spacial score (nSPS) is 18.1. The molecule has 0 atom stereocenters. The first-order chi connectivity index (χ1) is 9.09. The van der Waals surface area contributed by atoms with Crippen LogP contribution in [0.5, 0.6) is 0 Å². The quantitative estimate of drug-likeness (QED) is 0.881. The standard InChI is InChI=1S/C15H21FN2O/c1-3-15(7-9-17-10-8-15)14(19)18-13-6-4-5-12(16)11(13)2/h4-6,17H,3,7-10H2,1-2H3,(H,18,19). The molecule has 1 heterocycles. The van der Waals surface area contributed by atoms with E-state index < -0.39 is 0 Å². The van der Waals surface area contributed by atoms with E-state index in [9.17, 15) is 9.18 Å². The molecular formula is C15H21FN2O. The number of carbonyl (C=O) groups excluding carboxylic acids is 1. The Balaban J connectivity index is 2.17. The third-order valence-corrected chi connectivity index (χ3v) is 4.24. The summed E-state index contributed by atoms with van der Waals surface area (Å²) >= 11 is 0. The predicted molar refractivity (Wildman–Crippen MR) is 74.6 cm³/mol. The van der Waals surface area contributed by atoms with Crippen LogP contribution in [0.4, 0.5) is 10.1 Å². The maximum Gasteiger partial charge on any atom is 0.230 e. The lowest BCUT2D eigenvalue weighted by molar-refractivity contribution is -0.127. The lowest BCUT2D eigenvalue weighted by Crippen LogP contribution is -2.44. The molecule has 0 aromatic heterocycles. The van der Waals surface area contributed by atoms with Crippen LogP contribution in [0.1, 0.15) is 31.7 Å². The topological polar surface area (TPSA) is 41.1 Å². The van der Waals surface area contributed by atoms with Gasteiger partial charge in [0.2, 0.25) is 5.91 Å². The lowest BCUT2D eigenvalue weighted by atomic mass is 9.76. The number of rotatable bonds is 3. The largest absolute Gasteiger partial charge is 0.325 e. The van der Waals surface area contributed by atoms with E-state index in [4.69, 9.17) is 0 Å². The molecule has 1 aromatic carbocycles. The van der Waals surface area contributed by atoms with Crippen molar-refractivity contribution in [3.8, 4) is 0 Å². The molecule has 1 saturated heterocycles. The zero-order valence-electron chi connectivity index (χ0n) is 11.6. The van der Waals surface area contributed by atoms with Crippen molar-refractivity contribution in [2.24, 2.45) is 5.41 Å². The van der Waals surface area contributed by atoms with Crippen LogP contribution in [0.25, 0.3) is 0 Å². The first-order valence-corrected chi connectivity index (χ1v) is 6.86. The van der Waals surface area contributed by atoms with Gasteiger partial charge in [-0.1, -0.05) is 13.0 Å². The second-order valence-corrected chi connectivity index (χ2v) is 5.25. The Bertz CT molecular complexity index is 467. The van der Waals surface area contributed by atoms with Crippen LogP contribution in [0.3, 0.4) is 0 Å². The van der Waals surface area contributed by atoms with Gasteiger partial charge >= 0.3 is 0 Å². The van der Waals surface area contributed by atoms with Crippen LogP contribution in [0.15, 0.2) is 18.2 Å². The van der Waals surface area contributed by atoms with Gasteiger partial charge in [0, 0.05) is 11.3 Å². The number of anilines is 1. The molecule has 0 aliphatic carbocycles. The third-order valence-electron chi connectivity index (χ3n) is 4.24. The summed E-state index contributed by atoms with van der Waals surface area (Å²) in [5, 5.41) is 6.18. The Kier molecular flexibility index (Phi) is 4.20. The molecule has 19 heavy (non-hydrogen) atoms. The summed E-state index contributed by atoms with van der Waals surface area (Å²) in [4.78, 5) is 12.5. The van der Waals surface area contributed by atoms with E-state index in [1.165, 1.54) is 6.07 Å². The van der Waals surface area contributed by atoms with Crippen molar-refractivity contribution in [2.45, 2.75) is 33.1 Å². The minimum atomic E-state index is -0.315. The van der Waals surface area contributed by atoms with E-state index >= 15 is 0 Å². The van der Waals surface area contributed by atoms with E-state index in [1.54, 1.807) is 19.1 Å². The molecule has 1 aliphatic heterocycles. The minimum absolute atomic E-state index is 0.0187. The zero-order valence-corrected chi connectivity index (χ0v) is 11.6. The van der Waals surface area contributed by atoms with E-state index in [2.05, 4.69) is 10.6 Å². The van der Waals surface area contributed by atoms with E-state index in [1.807, 2.05) is 6.92 Å². The molecule has 4 heteroatoms. The van der Waals surface area contributed by atoms with Gasteiger partial charge in [-0.05, 0) is 51.4 Å². The molecule has 1 amide bonds. The highest BCUT2D eigenvalue weighted by atomic mass is 19.1. The third kappa shape index (κ3) is 2.78. The minimum Gasteiger partial charge on any atom is -0.325 e. The molecule has 2 rings (SSSR count). The molecule has 0 saturated carbocycles. The molecular weight excluding hydrogens is 243 g/mol. The molecule has 0 unspecified atom stereocenters. The summed E-state index contributed by atoms with van der Waals surface area (Å²) in [5.41, 5.74) is 0.761. The first kappa shape index (κ1) is 14.0. The first-order valence-electron chi connectivity index (χ1n) is 6.86. The number of nitrogens with one attached hydrogen (secondary N) is 2. The van der Waals surface area contributed by atoms with Crippen molar-refractivity contribution in [1.82, 2.24) is 5.32 Å². The maximum absolute atomic E-state index is 13.5. The second-order valence-electron chi connectivity index (χ2n) is 5.25. The van der Waals surface area contributed by atoms with Gasteiger partial charge < -0.3 is 10.6 Å². The number of amides is 1. The number of piperidine rings is 1. The molecule has 0 radical (unpaired) electrons. The van der Waals surface area contributed by atoms with E-state index in [0.717, 1.165) is 32.4 Å². The molecule has 1 fully saturated rings. The van der Waals surface area contributed by atoms with Gasteiger partial charge in [-0.15, -0.1) is 0 Å². The van der Waals surface area contributed by atoms with Crippen molar-refractivity contribution >= 4 is 11.6 Å². The molecule has 0 bridgehead atoms. The average molecular weight is 264 g/mol. The van der Waals surface area contributed by atoms with Crippen LogP contribution in [0.2, 0.25) is 0 Å². The second kappa shape index (κ2) is 5.70. The van der Waals surface area contributed by atoms with E-state index in [-0.39, 0.29) is 17.1 Å². The van der Waals surface area contributed by atoms with Gasteiger partial charge in [-0.2, -0.15) is 0 Å². The van der Waals surface area contributed by atoms with E-state index in [0.29, 0.717) is 11.3 Å². The van der Waals surface area contributed by atoms with Crippen molar-refractivity contribution < 1.29 is 9.18 Å². The average Bonchev–Trinajstić information content (AvgIpc) is 2.44. The summed E-state index contributed by atoms with van der Waals surface area (Å²) in [6.07, 6.45) is 2.49. The summed E-state index contributed by atoms with van der Waals surface area (Å²) in [5.74, 6) is -0.265. The zero-order chi connectivity index (χ0) is 13.9. The Hall–Kier alpha value is -1.42. The summed E-state index contributed by atoms with van der Waals surface area (Å²) in [7, 11) is 0. The maximum atomic E-state index is 13.5. The molecule has 1 aliphatic rings. The molecule has 0 spiro atoms. The fourth-order valence-corrected chi connectivity index (χ4v) is 2.64. The van der Waals surface area contributed by atoms with Gasteiger partial charge in [-0.3, -0.25) is 4.79 Å². The number of hydrogen-bond acceptors (Lipinski definition) is 2. The highest BCUT2D eigenvalue weighted by molar-refractivity contribution is 5.96. The highest BCUT2D eigenvalue weighted by Crippen LogP contribution is 2.34. The molecule has 2 N–H and O–H groups in total. The lowest BCUT2D eigenvalue weighted by Gasteiger charge is -2.35. The summed E-state index contributed by atoms with van der Waals surface area (Å²) in [6.45, 7) is 5.46. The van der Waals surface area contributed by atoms with Gasteiger partial charge in [0.1, 0.15) is 5.82 Å². The number of carbonyl (C=O) groups is 1. The van der Waals surface area contributed by atoms with Crippen LogP contribution in [-0.4, -0.2) is 19.0 Å². The number of halogens is 1. The fourth-order valence-electron chi connectivity index (χ4n) is 2.64. The van der Waals surface area contributed by atoms with Crippen LogP contribution in [-0.2, 0) is 4.79 Å². The van der Waals surface area contributed by atoms with Gasteiger partial charge in [0.15, 0.2) is 0 Å². The molecule has 3 nitrogen and oxygen atoms in total. The molecule has 104 valence electrons. The number of hydrogen-bond donors (Lipinski definition) is 2. The summed E-state index contributed by atoms with van der Waals surface area (Å²) < 4.78 is 13.5.